The van der Waals surface area contributed by atoms with Gasteiger partial charge in [0.05, 0.1) is 5.25 Å². The molecule has 2 N–H and O–H groups in total. The average Bonchev–Trinajstić information content (AvgIpc) is 2.91. The number of aromatic nitrogens is 3. The number of hydrogen-bond donors (Lipinski definition) is 2. The summed E-state index contributed by atoms with van der Waals surface area (Å²) in [6, 6.07) is 5.45. The van der Waals surface area contributed by atoms with Crippen molar-refractivity contribution in [3.8, 4) is 0 Å². The van der Waals surface area contributed by atoms with E-state index >= 15 is 0 Å². The van der Waals surface area contributed by atoms with Gasteiger partial charge in [0.15, 0.2) is 0 Å². The van der Waals surface area contributed by atoms with Crippen LogP contribution in [0.5, 0.6) is 0 Å². The zero-order chi connectivity index (χ0) is 16.3. The smallest absolute Gasteiger partial charge is 0.237 e. The van der Waals surface area contributed by atoms with Crippen molar-refractivity contribution < 1.29 is 4.79 Å². The largest absolute Gasteiger partial charge is 0.325 e. The molecule has 1 heterocycles. The van der Waals surface area contributed by atoms with Crippen LogP contribution in [0.1, 0.15) is 38.1 Å². The van der Waals surface area contributed by atoms with Crippen LogP contribution in [0.2, 0.25) is 5.02 Å². The maximum atomic E-state index is 12.2. The Morgan fingerprint density at radius 1 is 1.36 bits per heavy atom. The van der Waals surface area contributed by atoms with E-state index in [1.165, 1.54) is 11.8 Å². The third kappa shape index (κ3) is 4.24. The van der Waals surface area contributed by atoms with Gasteiger partial charge in [0.1, 0.15) is 5.82 Å². The average molecular weight is 339 g/mol. The van der Waals surface area contributed by atoms with Gasteiger partial charge < -0.3 is 5.32 Å². The van der Waals surface area contributed by atoms with E-state index in [4.69, 9.17) is 11.6 Å². The number of carbonyl (C=O) groups excluding carboxylic acids is 1. The van der Waals surface area contributed by atoms with Crippen molar-refractivity contribution in [2.45, 2.75) is 44.0 Å². The maximum absolute atomic E-state index is 12.2. The zero-order valence-electron chi connectivity index (χ0n) is 13.0. The third-order valence-corrected chi connectivity index (χ3v) is 4.49. The Hall–Kier alpha value is -1.53. The number of hydrogen-bond acceptors (Lipinski definition) is 4. The van der Waals surface area contributed by atoms with E-state index in [-0.39, 0.29) is 17.1 Å². The summed E-state index contributed by atoms with van der Waals surface area (Å²) in [5.41, 5.74) is 1.66. The Labute approximate surface area is 139 Å². The second-order valence-corrected chi connectivity index (χ2v) is 7.09. The van der Waals surface area contributed by atoms with Gasteiger partial charge in [-0.05, 0) is 31.5 Å². The lowest BCUT2D eigenvalue weighted by Gasteiger charge is -2.11. The van der Waals surface area contributed by atoms with Crippen LogP contribution < -0.4 is 5.32 Å². The van der Waals surface area contributed by atoms with E-state index in [0.717, 1.165) is 11.4 Å². The minimum atomic E-state index is -0.309. The molecule has 2 rings (SSSR count). The molecule has 0 aliphatic rings. The number of rotatable bonds is 5. The normalized spacial score (nSPS) is 12.5. The molecule has 1 aromatic carbocycles. The van der Waals surface area contributed by atoms with Crippen molar-refractivity contribution >= 4 is 35.0 Å². The molecule has 1 unspecified atom stereocenters. The standard InChI is InChI=1S/C15H19ClN4OS/c1-8(2)13-18-15(20-19-13)22-10(4)14(21)17-11-6-5-9(3)12(16)7-11/h5-8,10H,1-4H3,(H,17,21)(H,18,19,20). The van der Waals surface area contributed by atoms with E-state index in [2.05, 4.69) is 20.5 Å². The lowest BCUT2D eigenvalue weighted by atomic mass is 10.2. The first kappa shape index (κ1) is 16.8. The number of benzene rings is 1. The molecule has 0 fully saturated rings. The Morgan fingerprint density at radius 3 is 2.68 bits per heavy atom. The second kappa shape index (κ2) is 7.15. The highest BCUT2D eigenvalue weighted by Crippen LogP contribution is 2.24. The van der Waals surface area contributed by atoms with Gasteiger partial charge in [0.2, 0.25) is 11.1 Å². The molecule has 0 saturated heterocycles. The summed E-state index contributed by atoms with van der Waals surface area (Å²) in [6.45, 7) is 7.81. The number of amides is 1. The molecule has 0 radical (unpaired) electrons. The molecule has 1 amide bonds. The van der Waals surface area contributed by atoms with Gasteiger partial charge in [-0.2, -0.15) is 0 Å². The van der Waals surface area contributed by atoms with Crippen molar-refractivity contribution in [2.24, 2.45) is 0 Å². The Morgan fingerprint density at radius 2 is 2.09 bits per heavy atom. The number of nitrogens with one attached hydrogen (secondary N) is 2. The van der Waals surface area contributed by atoms with Gasteiger partial charge in [0, 0.05) is 16.6 Å². The third-order valence-electron chi connectivity index (χ3n) is 3.12. The summed E-state index contributed by atoms with van der Waals surface area (Å²) in [4.78, 5) is 16.6. The molecule has 7 heteroatoms. The molecule has 5 nitrogen and oxygen atoms in total. The molecule has 0 spiro atoms. The summed E-state index contributed by atoms with van der Waals surface area (Å²) < 4.78 is 0. The molecule has 0 saturated carbocycles. The monoisotopic (exact) mass is 338 g/mol. The van der Waals surface area contributed by atoms with Gasteiger partial charge in [-0.15, -0.1) is 5.10 Å². The fourth-order valence-electron chi connectivity index (χ4n) is 1.70. The number of aryl methyl sites for hydroxylation is 1. The number of nitrogens with zero attached hydrogens (tertiary/aromatic N) is 2. The number of H-pyrrole nitrogens is 1. The highest BCUT2D eigenvalue weighted by molar-refractivity contribution is 8.00. The van der Waals surface area contributed by atoms with Crippen LogP contribution >= 0.6 is 23.4 Å². The Bertz CT molecular complexity index is 671. The van der Waals surface area contributed by atoms with Crippen molar-refractivity contribution in [2.75, 3.05) is 5.32 Å². The number of carbonyl (C=O) groups is 1. The van der Waals surface area contributed by atoms with E-state index in [9.17, 15) is 4.79 Å². The first-order valence-electron chi connectivity index (χ1n) is 7.02. The quantitative estimate of drug-likeness (QED) is 0.808. The van der Waals surface area contributed by atoms with Crippen LogP contribution in [0.25, 0.3) is 0 Å². The molecule has 0 aliphatic heterocycles. The first-order valence-corrected chi connectivity index (χ1v) is 8.28. The highest BCUT2D eigenvalue weighted by Gasteiger charge is 2.18. The molecule has 1 aromatic heterocycles. The fourth-order valence-corrected chi connectivity index (χ4v) is 2.61. The van der Waals surface area contributed by atoms with Gasteiger partial charge in [0.25, 0.3) is 0 Å². The summed E-state index contributed by atoms with van der Waals surface area (Å²) >= 11 is 7.38. The first-order chi connectivity index (χ1) is 10.4. The molecule has 118 valence electrons. The van der Waals surface area contributed by atoms with Crippen LogP contribution in [0.15, 0.2) is 23.4 Å². The van der Waals surface area contributed by atoms with E-state index in [1.807, 2.05) is 39.8 Å². The van der Waals surface area contributed by atoms with E-state index in [1.54, 1.807) is 6.07 Å². The predicted octanol–water partition coefficient (Wildman–Crippen LogP) is 4.01. The van der Waals surface area contributed by atoms with Crippen LogP contribution in [0.3, 0.4) is 0 Å². The van der Waals surface area contributed by atoms with Crippen molar-refractivity contribution in [1.82, 2.24) is 15.2 Å². The summed E-state index contributed by atoms with van der Waals surface area (Å²) in [5.74, 6) is 0.988. The zero-order valence-corrected chi connectivity index (χ0v) is 14.5. The summed E-state index contributed by atoms with van der Waals surface area (Å²) in [7, 11) is 0. The molecule has 22 heavy (non-hydrogen) atoms. The predicted molar refractivity (Wildman–Crippen MR) is 90.6 cm³/mol. The van der Waals surface area contributed by atoms with Gasteiger partial charge in [-0.25, -0.2) is 4.98 Å². The molecule has 0 bridgehead atoms. The Balaban J connectivity index is 1.97. The highest BCUT2D eigenvalue weighted by atomic mass is 35.5. The summed E-state index contributed by atoms with van der Waals surface area (Å²) in [6.07, 6.45) is 0. The molecule has 0 aliphatic carbocycles. The molecule has 1 atom stereocenters. The van der Waals surface area contributed by atoms with Crippen LogP contribution in [0.4, 0.5) is 5.69 Å². The number of thioether (sulfide) groups is 1. The Kier molecular flexibility index (Phi) is 5.47. The molecular weight excluding hydrogens is 320 g/mol. The number of aromatic amines is 1. The fraction of sp³-hybridized carbons (Fsp3) is 0.400. The van der Waals surface area contributed by atoms with E-state index in [0.29, 0.717) is 15.9 Å². The minimum absolute atomic E-state index is 0.110. The number of anilines is 1. The maximum Gasteiger partial charge on any atom is 0.237 e. The van der Waals surface area contributed by atoms with Gasteiger partial charge in [-0.3, -0.25) is 9.89 Å². The minimum Gasteiger partial charge on any atom is -0.325 e. The van der Waals surface area contributed by atoms with E-state index < -0.39 is 0 Å². The summed E-state index contributed by atoms with van der Waals surface area (Å²) in [5, 5.41) is 10.8. The van der Waals surface area contributed by atoms with Crippen molar-refractivity contribution in [3.63, 3.8) is 0 Å². The second-order valence-electron chi connectivity index (χ2n) is 5.37. The van der Waals surface area contributed by atoms with Crippen LogP contribution in [-0.2, 0) is 4.79 Å². The van der Waals surface area contributed by atoms with Crippen LogP contribution in [-0.4, -0.2) is 26.3 Å². The molecule has 2 aromatic rings. The van der Waals surface area contributed by atoms with Gasteiger partial charge >= 0.3 is 0 Å². The lowest BCUT2D eigenvalue weighted by molar-refractivity contribution is -0.115. The molecular formula is C15H19ClN4OS. The van der Waals surface area contributed by atoms with Crippen molar-refractivity contribution in [3.05, 3.63) is 34.6 Å². The SMILES string of the molecule is Cc1ccc(NC(=O)C(C)Sc2n[nH]c(C(C)C)n2)cc1Cl. The topological polar surface area (TPSA) is 70.7 Å². The van der Waals surface area contributed by atoms with Crippen molar-refractivity contribution in [1.29, 1.82) is 0 Å². The van der Waals surface area contributed by atoms with Crippen LogP contribution in [0, 0.1) is 6.92 Å². The van der Waals surface area contributed by atoms with Gasteiger partial charge in [-0.1, -0.05) is 43.3 Å². The lowest BCUT2D eigenvalue weighted by Crippen LogP contribution is -2.22. The number of halogens is 1.